The van der Waals surface area contributed by atoms with Crippen LogP contribution in [0.3, 0.4) is 0 Å². The van der Waals surface area contributed by atoms with E-state index in [1.54, 1.807) is 0 Å². The SMILES string of the molecule is CC(=O)Nc1c[nH]c2ccc(Cc3ccc(C)cc3)cc12. The van der Waals surface area contributed by atoms with E-state index in [9.17, 15) is 4.79 Å². The van der Waals surface area contributed by atoms with Crippen LogP contribution in [0.25, 0.3) is 10.9 Å². The number of aromatic nitrogens is 1. The number of hydrogen-bond acceptors (Lipinski definition) is 1. The highest BCUT2D eigenvalue weighted by molar-refractivity contribution is 6.01. The highest BCUT2D eigenvalue weighted by Crippen LogP contribution is 2.25. The molecular formula is C18H18N2O. The van der Waals surface area contributed by atoms with E-state index in [1.807, 2.05) is 6.20 Å². The molecule has 0 spiro atoms. The van der Waals surface area contributed by atoms with Crippen LogP contribution < -0.4 is 5.32 Å². The summed E-state index contributed by atoms with van der Waals surface area (Å²) < 4.78 is 0. The molecule has 0 saturated heterocycles. The lowest BCUT2D eigenvalue weighted by Crippen LogP contribution is -2.04. The van der Waals surface area contributed by atoms with Gasteiger partial charge in [0.25, 0.3) is 0 Å². The topological polar surface area (TPSA) is 44.9 Å². The van der Waals surface area contributed by atoms with Gasteiger partial charge in [0.15, 0.2) is 0 Å². The van der Waals surface area contributed by atoms with E-state index in [0.29, 0.717) is 0 Å². The predicted octanol–water partition coefficient (Wildman–Crippen LogP) is 4.03. The Kier molecular flexibility index (Phi) is 3.48. The summed E-state index contributed by atoms with van der Waals surface area (Å²) in [7, 11) is 0. The normalized spacial score (nSPS) is 10.8. The Labute approximate surface area is 124 Å². The van der Waals surface area contributed by atoms with Crippen LogP contribution in [0.2, 0.25) is 0 Å². The van der Waals surface area contributed by atoms with Gasteiger partial charge in [0.1, 0.15) is 0 Å². The number of anilines is 1. The molecule has 2 aromatic carbocycles. The number of carbonyl (C=O) groups is 1. The molecule has 3 heteroatoms. The van der Waals surface area contributed by atoms with E-state index < -0.39 is 0 Å². The highest BCUT2D eigenvalue weighted by Gasteiger charge is 2.06. The minimum absolute atomic E-state index is 0.0557. The molecular weight excluding hydrogens is 260 g/mol. The molecule has 0 fully saturated rings. The molecule has 0 radical (unpaired) electrons. The van der Waals surface area contributed by atoms with Crippen molar-refractivity contribution >= 4 is 22.5 Å². The molecule has 0 bridgehead atoms. The summed E-state index contributed by atoms with van der Waals surface area (Å²) in [5.74, 6) is -0.0557. The van der Waals surface area contributed by atoms with Crippen molar-refractivity contribution in [2.45, 2.75) is 20.3 Å². The van der Waals surface area contributed by atoms with Crippen LogP contribution in [0, 0.1) is 6.92 Å². The summed E-state index contributed by atoms with van der Waals surface area (Å²) in [5.41, 5.74) is 5.66. The third-order valence-electron chi connectivity index (χ3n) is 3.59. The molecule has 0 aliphatic heterocycles. The fraction of sp³-hybridized carbons (Fsp3) is 0.167. The van der Waals surface area contributed by atoms with Crippen LogP contribution >= 0.6 is 0 Å². The van der Waals surface area contributed by atoms with E-state index in [4.69, 9.17) is 0 Å². The summed E-state index contributed by atoms with van der Waals surface area (Å²) >= 11 is 0. The molecule has 106 valence electrons. The van der Waals surface area contributed by atoms with Gasteiger partial charge in [-0.1, -0.05) is 35.9 Å². The lowest BCUT2D eigenvalue weighted by atomic mass is 10.0. The van der Waals surface area contributed by atoms with Gasteiger partial charge in [-0.05, 0) is 36.6 Å². The Morgan fingerprint density at radius 1 is 1.10 bits per heavy atom. The van der Waals surface area contributed by atoms with Crippen molar-refractivity contribution in [1.29, 1.82) is 0 Å². The monoisotopic (exact) mass is 278 g/mol. The molecule has 1 aromatic heterocycles. The van der Waals surface area contributed by atoms with E-state index in [0.717, 1.165) is 23.0 Å². The minimum atomic E-state index is -0.0557. The number of aryl methyl sites for hydroxylation is 1. The van der Waals surface area contributed by atoms with Crippen molar-refractivity contribution in [2.75, 3.05) is 5.32 Å². The molecule has 21 heavy (non-hydrogen) atoms. The first kappa shape index (κ1) is 13.4. The maximum atomic E-state index is 11.2. The van der Waals surface area contributed by atoms with Crippen molar-refractivity contribution in [1.82, 2.24) is 4.98 Å². The summed E-state index contributed by atoms with van der Waals surface area (Å²) in [6.45, 7) is 3.62. The molecule has 3 nitrogen and oxygen atoms in total. The zero-order chi connectivity index (χ0) is 14.8. The fourth-order valence-corrected chi connectivity index (χ4v) is 2.51. The molecule has 3 rings (SSSR count). The summed E-state index contributed by atoms with van der Waals surface area (Å²) in [6.07, 6.45) is 2.72. The third kappa shape index (κ3) is 2.97. The number of fused-ring (bicyclic) bond motifs is 1. The van der Waals surface area contributed by atoms with Gasteiger partial charge < -0.3 is 10.3 Å². The van der Waals surface area contributed by atoms with Gasteiger partial charge in [-0.25, -0.2) is 0 Å². The first-order valence-electron chi connectivity index (χ1n) is 7.05. The predicted molar refractivity (Wildman–Crippen MR) is 86.6 cm³/mol. The number of H-pyrrole nitrogens is 1. The van der Waals surface area contributed by atoms with Crippen LogP contribution in [0.5, 0.6) is 0 Å². The molecule has 0 atom stereocenters. The van der Waals surface area contributed by atoms with Crippen molar-refractivity contribution in [3.05, 3.63) is 65.4 Å². The second-order valence-electron chi connectivity index (χ2n) is 5.43. The highest BCUT2D eigenvalue weighted by atomic mass is 16.1. The first-order valence-corrected chi connectivity index (χ1v) is 7.05. The Balaban J connectivity index is 1.92. The quantitative estimate of drug-likeness (QED) is 0.746. The minimum Gasteiger partial charge on any atom is -0.359 e. The zero-order valence-electron chi connectivity index (χ0n) is 12.2. The average Bonchev–Trinajstić information content (AvgIpc) is 2.83. The second kappa shape index (κ2) is 5.44. The number of rotatable bonds is 3. The van der Waals surface area contributed by atoms with Gasteiger partial charge in [0, 0.05) is 24.0 Å². The van der Waals surface area contributed by atoms with Gasteiger partial charge in [-0.3, -0.25) is 4.79 Å². The largest absolute Gasteiger partial charge is 0.359 e. The number of nitrogens with one attached hydrogen (secondary N) is 2. The van der Waals surface area contributed by atoms with Crippen LogP contribution in [0.15, 0.2) is 48.7 Å². The van der Waals surface area contributed by atoms with E-state index in [-0.39, 0.29) is 5.91 Å². The summed E-state index contributed by atoms with van der Waals surface area (Å²) in [6, 6.07) is 14.9. The van der Waals surface area contributed by atoms with Gasteiger partial charge in [-0.2, -0.15) is 0 Å². The lowest BCUT2D eigenvalue weighted by Gasteiger charge is -2.05. The number of aromatic amines is 1. The van der Waals surface area contributed by atoms with Gasteiger partial charge in [-0.15, -0.1) is 0 Å². The molecule has 0 unspecified atom stereocenters. The first-order chi connectivity index (χ1) is 10.1. The molecule has 0 aliphatic rings. The Hall–Kier alpha value is -2.55. The molecule has 0 saturated carbocycles. The second-order valence-corrected chi connectivity index (χ2v) is 5.43. The van der Waals surface area contributed by atoms with Crippen LogP contribution in [0.1, 0.15) is 23.6 Å². The zero-order valence-corrected chi connectivity index (χ0v) is 12.2. The van der Waals surface area contributed by atoms with E-state index in [2.05, 4.69) is 59.7 Å². The average molecular weight is 278 g/mol. The van der Waals surface area contributed by atoms with E-state index >= 15 is 0 Å². The molecule has 0 aliphatic carbocycles. The molecule has 1 amide bonds. The van der Waals surface area contributed by atoms with Crippen LogP contribution in [-0.4, -0.2) is 10.9 Å². The van der Waals surface area contributed by atoms with Crippen molar-refractivity contribution in [2.24, 2.45) is 0 Å². The lowest BCUT2D eigenvalue weighted by molar-refractivity contribution is -0.114. The van der Waals surface area contributed by atoms with Gasteiger partial charge in [0.2, 0.25) is 5.91 Å². The maximum absolute atomic E-state index is 11.2. The van der Waals surface area contributed by atoms with E-state index in [1.165, 1.54) is 23.6 Å². The van der Waals surface area contributed by atoms with Crippen LogP contribution in [0.4, 0.5) is 5.69 Å². The van der Waals surface area contributed by atoms with Crippen molar-refractivity contribution in [3.63, 3.8) is 0 Å². The Morgan fingerprint density at radius 3 is 2.52 bits per heavy atom. The van der Waals surface area contributed by atoms with Crippen LogP contribution in [-0.2, 0) is 11.2 Å². The molecule has 3 aromatic rings. The summed E-state index contributed by atoms with van der Waals surface area (Å²) in [5, 5.41) is 3.91. The maximum Gasteiger partial charge on any atom is 0.221 e. The molecule has 1 heterocycles. The number of amides is 1. The number of carbonyl (C=O) groups excluding carboxylic acids is 1. The van der Waals surface area contributed by atoms with Gasteiger partial charge >= 0.3 is 0 Å². The summed E-state index contributed by atoms with van der Waals surface area (Å²) in [4.78, 5) is 14.4. The smallest absolute Gasteiger partial charge is 0.221 e. The molecule has 2 N–H and O–H groups in total. The number of hydrogen-bond donors (Lipinski definition) is 2. The Morgan fingerprint density at radius 2 is 1.81 bits per heavy atom. The third-order valence-corrected chi connectivity index (χ3v) is 3.59. The standard InChI is InChI=1S/C18H18N2O/c1-12-3-5-14(6-4-12)9-15-7-8-17-16(10-15)18(11-19-17)20-13(2)21/h3-8,10-11,19H,9H2,1-2H3,(H,20,21). The van der Waals surface area contributed by atoms with Crippen molar-refractivity contribution in [3.8, 4) is 0 Å². The van der Waals surface area contributed by atoms with Crippen molar-refractivity contribution < 1.29 is 4.79 Å². The fourth-order valence-electron chi connectivity index (χ4n) is 2.51. The Bertz CT molecular complexity index is 785. The van der Waals surface area contributed by atoms with Gasteiger partial charge in [0.05, 0.1) is 5.69 Å². The number of benzene rings is 2.